The SMILES string of the molecule is Cc1ccnc(C)c1N1CC(CS(=O)(=O)Cl)CC1=O. The molecule has 5 nitrogen and oxygen atoms in total. The van der Waals surface area contributed by atoms with Crippen LogP contribution in [0.4, 0.5) is 5.69 Å². The first-order chi connectivity index (χ1) is 8.78. The van der Waals surface area contributed by atoms with E-state index in [2.05, 4.69) is 4.98 Å². The molecule has 1 unspecified atom stereocenters. The molecule has 1 saturated heterocycles. The van der Waals surface area contributed by atoms with Gasteiger partial charge >= 0.3 is 0 Å². The molecule has 0 N–H and O–H groups in total. The molecule has 19 heavy (non-hydrogen) atoms. The standard InChI is InChI=1S/C12H15ClN2O3S/c1-8-3-4-14-9(2)12(8)15-6-10(5-11(15)16)7-19(13,17)18/h3-4,10H,5-7H2,1-2H3. The predicted molar refractivity (Wildman–Crippen MR) is 73.8 cm³/mol. The van der Waals surface area contributed by atoms with Crippen LogP contribution in [-0.4, -0.2) is 31.6 Å². The maximum absolute atomic E-state index is 12.0. The van der Waals surface area contributed by atoms with Gasteiger partial charge in [0.25, 0.3) is 0 Å². The molecule has 1 aromatic rings. The van der Waals surface area contributed by atoms with Crippen molar-refractivity contribution in [3.8, 4) is 0 Å². The summed E-state index contributed by atoms with van der Waals surface area (Å²) in [6, 6.07) is 1.83. The Hall–Kier alpha value is -1.14. The lowest BCUT2D eigenvalue weighted by Crippen LogP contribution is -2.27. The van der Waals surface area contributed by atoms with Crippen LogP contribution in [0.2, 0.25) is 0 Å². The normalized spacial score (nSPS) is 20.1. The lowest BCUT2D eigenvalue weighted by Gasteiger charge is -2.20. The van der Waals surface area contributed by atoms with Gasteiger partial charge in [0.2, 0.25) is 15.0 Å². The summed E-state index contributed by atoms with van der Waals surface area (Å²) >= 11 is 0. The van der Waals surface area contributed by atoms with E-state index in [1.54, 1.807) is 11.1 Å². The molecule has 1 atom stereocenters. The van der Waals surface area contributed by atoms with Crippen LogP contribution in [0.3, 0.4) is 0 Å². The number of hydrogen-bond acceptors (Lipinski definition) is 4. The molecular weight excluding hydrogens is 288 g/mol. The summed E-state index contributed by atoms with van der Waals surface area (Å²) in [6.45, 7) is 4.11. The third-order valence-electron chi connectivity index (χ3n) is 3.22. The monoisotopic (exact) mass is 302 g/mol. The average molecular weight is 303 g/mol. The van der Waals surface area contributed by atoms with E-state index in [1.807, 2.05) is 19.9 Å². The van der Waals surface area contributed by atoms with Gasteiger partial charge in [-0.1, -0.05) is 0 Å². The Morgan fingerprint density at radius 1 is 1.47 bits per heavy atom. The molecule has 1 aromatic heterocycles. The maximum atomic E-state index is 12.0. The summed E-state index contributed by atoms with van der Waals surface area (Å²) in [5, 5.41) is 0. The second-order valence-electron chi connectivity index (χ2n) is 4.84. The Morgan fingerprint density at radius 3 is 2.74 bits per heavy atom. The third kappa shape index (κ3) is 3.25. The van der Waals surface area contributed by atoms with Crippen LogP contribution in [0.25, 0.3) is 0 Å². The van der Waals surface area contributed by atoms with E-state index >= 15 is 0 Å². The van der Waals surface area contributed by atoms with E-state index in [0.29, 0.717) is 6.54 Å². The maximum Gasteiger partial charge on any atom is 0.232 e. The minimum atomic E-state index is -3.58. The van der Waals surface area contributed by atoms with Gasteiger partial charge in [0, 0.05) is 35.8 Å². The lowest BCUT2D eigenvalue weighted by atomic mass is 10.1. The number of nitrogens with zero attached hydrogens (tertiary/aromatic N) is 2. The van der Waals surface area contributed by atoms with Gasteiger partial charge in [-0.25, -0.2) is 8.42 Å². The first-order valence-corrected chi connectivity index (χ1v) is 8.40. The fraction of sp³-hybridized carbons (Fsp3) is 0.500. The van der Waals surface area contributed by atoms with Gasteiger partial charge in [-0.2, -0.15) is 0 Å². The Morgan fingerprint density at radius 2 is 2.16 bits per heavy atom. The van der Waals surface area contributed by atoms with Gasteiger partial charge in [-0.3, -0.25) is 9.78 Å². The van der Waals surface area contributed by atoms with Crippen molar-refractivity contribution < 1.29 is 13.2 Å². The number of halogens is 1. The highest BCUT2D eigenvalue weighted by atomic mass is 35.7. The number of rotatable bonds is 3. The molecule has 1 amide bonds. The number of carbonyl (C=O) groups excluding carboxylic acids is 1. The first-order valence-electron chi connectivity index (χ1n) is 5.93. The molecule has 2 rings (SSSR count). The van der Waals surface area contributed by atoms with E-state index in [4.69, 9.17) is 10.7 Å². The van der Waals surface area contributed by atoms with Gasteiger partial charge in [-0.05, 0) is 25.5 Å². The molecule has 0 aliphatic carbocycles. The second-order valence-corrected chi connectivity index (χ2v) is 7.66. The smallest absolute Gasteiger partial charge is 0.232 e. The van der Waals surface area contributed by atoms with Crippen molar-refractivity contribution in [3.05, 3.63) is 23.5 Å². The highest BCUT2D eigenvalue weighted by Crippen LogP contribution is 2.30. The number of aryl methyl sites for hydroxylation is 2. The molecule has 0 spiro atoms. The summed E-state index contributed by atoms with van der Waals surface area (Å²) in [6.07, 6.45) is 1.90. The number of pyridine rings is 1. The summed E-state index contributed by atoms with van der Waals surface area (Å²) in [7, 11) is 1.67. The number of carbonyl (C=O) groups is 1. The molecule has 0 aromatic carbocycles. The van der Waals surface area contributed by atoms with Crippen LogP contribution in [0.5, 0.6) is 0 Å². The van der Waals surface area contributed by atoms with Crippen LogP contribution in [0.1, 0.15) is 17.7 Å². The van der Waals surface area contributed by atoms with Crippen LogP contribution >= 0.6 is 10.7 Å². The van der Waals surface area contributed by atoms with Crippen molar-refractivity contribution in [1.29, 1.82) is 0 Å². The van der Waals surface area contributed by atoms with Crippen LogP contribution < -0.4 is 4.90 Å². The molecule has 0 bridgehead atoms. The molecule has 104 valence electrons. The van der Waals surface area contributed by atoms with Gasteiger partial charge in [0.1, 0.15) is 0 Å². The second kappa shape index (κ2) is 5.09. The Labute approximate surface area is 117 Å². The highest BCUT2D eigenvalue weighted by molar-refractivity contribution is 8.13. The topological polar surface area (TPSA) is 67.3 Å². The molecule has 0 saturated carbocycles. The van der Waals surface area contributed by atoms with Crippen molar-refractivity contribution in [3.63, 3.8) is 0 Å². The quantitative estimate of drug-likeness (QED) is 0.796. The van der Waals surface area contributed by atoms with Gasteiger partial charge in [0.05, 0.1) is 17.1 Å². The van der Waals surface area contributed by atoms with Crippen molar-refractivity contribution in [2.45, 2.75) is 20.3 Å². The van der Waals surface area contributed by atoms with Crippen molar-refractivity contribution in [2.24, 2.45) is 5.92 Å². The molecular formula is C12H15ClN2O3S. The minimum absolute atomic E-state index is 0.0792. The lowest BCUT2D eigenvalue weighted by molar-refractivity contribution is -0.117. The van der Waals surface area contributed by atoms with E-state index < -0.39 is 9.05 Å². The molecule has 2 heterocycles. The number of anilines is 1. The molecule has 1 aliphatic rings. The number of amides is 1. The van der Waals surface area contributed by atoms with Gasteiger partial charge in [-0.15, -0.1) is 0 Å². The van der Waals surface area contributed by atoms with E-state index in [1.165, 1.54) is 0 Å². The summed E-state index contributed by atoms with van der Waals surface area (Å²) < 4.78 is 22.2. The van der Waals surface area contributed by atoms with Crippen LogP contribution in [-0.2, 0) is 13.8 Å². The zero-order valence-corrected chi connectivity index (χ0v) is 12.3. The van der Waals surface area contributed by atoms with Gasteiger partial charge in [0.15, 0.2) is 0 Å². The molecule has 1 fully saturated rings. The Kier molecular flexibility index (Phi) is 3.82. The Balaban J connectivity index is 2.26. The van der Waals surface area contributed by atoms with Gasteiger partial charge < -0.3 is 4.90 Å². The molecule has 7 heteroatoms. The fourth-order valence-corrected chi connectivity index (χ4v) is 3.81. The molecule has 1 aliphatic heterocycles. The summed E-state index contributed by atoms with van der Waals surface area (Å²) in [4.78, 5) is 17.8. The largest absolute Gasteiger partial charge is 0.310 e. The van der Waals surface area contributed by atoms with Crippen molar-refractivity contribution in [1.82, 2.24) is 4.98 Å². The summed E-state index contributed by atoms with van der Waals surface area (Å²) in [5.41, 5.74) is 2.50. The first kappa shape index (κ1) is 14.3. The fourth-order valence-electron chi connectivity index (χ4n) is 2.49. The highest BCUT2D eigenvalue weighted by Gasteiger charge is 2.34. The summed E-state index contributed by atoms with van der Waals surface area (Å²) in [5.74, 6) is -0.506. The minimum Gasteiger partial charge on any atom is -0.310 e. The zero-order valence-electron chi connectivity index (χ0n) is 10.8. The zero-order chi connectivity index (χ0) is 14.2. The van der Waals surface area contributed by atoms with E-state index in [0.717, 1.165) is 16.9 Å². The van der Waals surface area contributed by atoms with Crippen LogP contribution in [0, 0.1) is 19.8 Å². The number of hydrogen-bond donors (Lipinski definition) is 0. The third-order valence-corrected chi connectivity index (χ3v) is 4.47. The average Bonchev–Trinajstić information content (AvgIpc) is 2.56. The van der Waals surface area contributed by atoms with E-state index in [9.17, 15) is 13.2 Å². The Bertz CT molecular complexity index is 595. The number of aromatic nitrogens is 1. The molecule has 0 radical (unpaired) electrons. The van der Waals surface area contributed by atoms with Crippen LogP contribution in [0.15, 0.2) is 12.3 Å². The van der Waals surface area contributed by atoms with Crippen molar-refractivity contribution >= 4 is 31.3 Å². The van der Waals surface area contributed by atoms with Crippen molar-refractivity contribution in [2.75, 3.05) is 17.2 Å². The van der Waals surface area contributed by atoms with E-state index in [-0.39, 0.29) is 24.0 Å². The predicted octanol–water partition coefficient (Wildman–Crippen LogP) is 1.62.